The molecule has 1 aromatic carbocycles. The topological polar surface area (TPSA) is 34.1 Å². The van der Waals surface area contributed by atoms with Gasteiger partial charge < -0.3 is 10.1 Å². The fraction of sp³-hybridized carbons (Fsp3) is 0.400. The van der Waals surface area contributed by atoms with Crippen LogP contribution in [0.3, 0.4) is 0 Å². The molecular weight excluding hydrogens is 275 g/mol. The minimum Gasteiger partial charge on any atom is -0.483 e. The number of ether oxygens (including phenoxy) is 1. The van der Waals surface area contributed by atoms with E-state index in [-0.39, 0.29) is 11.6 Å². The summed E-state index contributed by atoms with van der Waals surface area (Å²) in [5, 5.41) is 4.03. The van der Waals surface area contributed by atoms with Crippen molar-refractivity contribution in [3.8, 4) is 5.75 Å². The molecule has 0 saturated carbocycles. The molecule has 108 valence electrons. The Balaban J connectivity index is 1.99. The van der Waals surface area contributed by atoms with Crippen molar-refractivity contribution in [1.82, 2.24) is 10.3 Å². The largest absolute Gasteiger partial charge is 0.483 e. The van der Waals surface area contributed by atoms with Crippen LogP contribution in [0.1, 0.15) is 28.1 Å². The zero-order valence-electron chi connectivity index (χ0n) is 12.0. The van der Waals surface area contributed by atoms with Crippen LogP contribution >= 0.6 is 11.3 Å². The van der Waals surface area contributed by atoms with E-state index in [1.165, 1.54) is 10.9 Å². The Labute approximate surface area is 122 Å². The number of nitrogens with one attached hydrogen (secondary N) is 1. The first-order valence-electron chi connectivity index (χ1n) is 6.65. The molecule has 2 aromatic rings. The van der Waals surface area contributed by atoms with Gasteiger partial charge in [0, 0.05) is 11.4 Å². The third-order valence-corrected chi connectivity index (χ3v) is 4.05. The molecule has 0 saturated heterocycles. The number of aryl methyl sites for hydroxylation is 2. The highest BCUT2D eigenvalue weighted by Gasteiger charge is 2.08. The molecule has 0 bridgehead atoms. The first-order valence-corrected chi connectivity index (χ1v) is 7.46. The highest BCUT2D eigenvalue weighted by molar-refractivity contribution is 7.11. The predicted octanol–water partition coefficient (Wildman–Crippen LogP) is 3.59. The third-order valence-electron chi connectivity index (χ3n) is 3.00. The van der Waals surface area contributed by atoms with Gasteiger partial charge in [0.1, 0.15) is 11.6 Å². The zero-order valence-corrected chi connectivity index (χ0v) is 12.8. The van der Waals surface area contributed by atoms with Crippen molar-refractivity contribution < 1.29 is 9.13 Å². The van der Waals surface area contributed by atoms with Crippen LogP contribution in [0, 0.1) is 19.7 Å². The molecule has 3 nitrogen and oxygen atoms in total. The number of benzene rings is 1. The monoisotopic (exact) mass is 294 g/mol. The lowest BCUT2D eigenvalue weighted by Crippen LogP contribution is -2.11. The van der Waals surface area contributed by atoms with Gasteiger partial charge in [-0.15, -0.1) is 11.3 Å². The normalized spacial score (nSPS) is 10.8. The summed E-state index contributed by atoms with van der Waals surface area (Å²) in [5.74, 6) is -0.0545. The van der Waals surface area contributed by atoms with E-state index in [1.807, 2.05) is 26.8 Å². The van der Waals surface area contributed by atoms with Crippen molar-refractivity contribution in [1.29, 1.82) is 0 Å². The zero-order chi connectivity index (χ0) is 14.5. The number of rotatable bonds is 6. The molecule has 0 fully saturated rings. The van der Waals surface area contributed by atoms with Gasteiger partial charge in [0.05, 0.1) is 5.69 Å². The third kappa shape index (κ3) is 3.77. The lowest BCUT2D eigenvalue weighted by Gasteiger charge is -2.08. The van der Waals surface area contributed by atoms with Gasteiger partial charge in [-0.2, -0.15) is 0 Å². The molecule has 2 rings (SSSR count). The summed E-state index contributed by atoms with van der Waals surface area (Å²) >= 11 is 1.59. The summed E-state index contributed by atoms with van der Waals surface area (Å²) in [4.78, 5) is 5.55. The first kappa shape index (κ1) is 14.9. The van der Waals surface area contributed by atoms with Crippen LogP contribution < -0.4 is 10.1 Å². The summed E-state index contributed by atoms with van der Waals surface area (Å²) in [7, 11) is 0. The number of thiazole rings is 1. The molecule has 0 aliphatic heterocycles. The summed E-state index contributed by atoms with van der Waals surface area (Å²) in [6.07, 6.45) is 0. The van der Waals surface area contributed by atoms with Crippen molar-refractivity contribution >= 4 is 11.3 Å². The summed E-state index contributed by atoms with van der Waals surface area (Å²) in [5.41, 5.74) is 1.92. The molecule has 1 heterocycles. The van der Waals surface area contributed by atoms with Crippen molar-refractivity contribution in [2.75, 3.05) is 6.54 Å². The smallest absolute Gasteiger partial charge is 0.165 e. The maximum absolute atomic E-state index is 13.9. The van der Waals surface area contributed by atoms with E-state index in [2.05, 4.69) is 10.3 Å². The van der Waals surface area contributed by atoms with E-state index in [0.29, 0.717) is 13.2 Å². The van der Waals surface area contributed by atoms with Crippen LogP contribution in [-0.2, 0) is 13.2 Å². The number of aromatic nitrogens is 1. The second-order valence-electron chi connectivity index (χ2n) is 4.58. The maximum Gasteiger partial charge on any atom is 0.165 e. The summed E-state index contributed by atoms with van der Waals surface area (Å²) < 4.78 is 19.4. The van der Waals surface area contributed by atoms with Gasteiger partial charge in [-0.25, -0.2) is 9.37 Å². The first-order chi connectivity index (χ1) is 9.60. The Bertz CT molecular complexity index is 564. The van der Waals surface area contributed by atoms with Crippen LogP contribution in [-0.4, -0.2) is 11.5 Å². The lowest BCUT2D eigenvalue weighted by atomic mass is 10.2. The van der Waals surface area contributed by atoms with Crippen molar-refractivity contribution in [3.63, 3.8) is 0 Å². The van der Waals surface area contributed by atoms with Gasteiger partial charge in [-0.1, -0.05) is 13.0 Å². The van der Waals surface area contributed by atoms with Gasteiger partial charge in [0.15, 0.2) is 11.6 Å². The molecule has 1 N–H and O–H groups in total. The minimum atomic E-state index is -0.328. The van der Waals surface area contributed by atoms with Crippen LogP contribution in [0.2, 0.25) is 0 Å². The van der Waals surface area contributed by atoms with Crippen LogP contribution in [0.5, 0.6) is 5.75 Å². The Morgan fingerprint density at radius 3 is 2.75 bits per heavy atom. The van der Waals surface area contributed by atoms with Crippen molar-refractivity contribution in [2.45, 2.75) is 33.9 Å². The van der Waals surface area contributed by atoms with E-state index < -0.39 is 0 Å². The molecule has 20 heavy (non-hydrogen) atoms. The second-order valence-corrected chi connectivity index (χ2v) is 5.87. The standard InChI is InChI=1S/C15H19FN2OS/c1-4-17-8-12-5-6-14(13(16)7-12)19-9-15-18-10(2)11(3)20-15/h5-7,17H,4,8-9H2,1-3H3. The Hall–Kier alpha value is -1.46. The molecule has 0 unspecified atom stereocenters. The van der Waals surface area contributed by atoms with Gasteiger partial charge in [0.2, 0.25) is 0 Å². The molecular formula is C15H19FN2OS. The highest BCUT2D eigenvalue weighted by Crippen LogP contribution is 2.22. The molecule has 0 aliphatic rings. The minimum absolute atomic E-state index is 0.274. The van der Waals surface area contributed by atoms with Gasteiger partial charge in [-0.3, -0.25) is 0 Å². The van der Waals surface area contributed by atoms with E-state index in [1.54, 1.807) is 17.4 Å². The SMILES string of the molecule is CCNCc1ccc(OCc2nc(C)c(C)s2)c(F)c1. The molecule has 1 aromatic heterocycles. The van der Waals surface area contributed by atoms with Crippen LogP contribution in [0.25, 0.3) is 0 Å². The van der Waals surface area contributed by atoms with E-state index in [9.17, 15) is 4.39 Å². The molecule has 0 radical (unpaired) electrons. The molecule has 5 heteroatoms. The number of hydrogen-bond acceptors (Lipinski definition) is 4. The Kier molecular flexibility index (Phi) is 5.09. The molecule has 0 atom stereocenters. The van der Waals surface area contributed by atoms with E-state index in [0.717, 1.165) is 22.8 Å². The van der Waals surface area contributed by atoms with Gasteiger partial charge >= 0.3 is 0 Å². The average Bonchev–Trinajstić information content (AvgIpc) is 2.74. The van der Waals surface area contributed by atoms with Crippen LogP contribution in [0.15, 0.2) is 18.2 Å². The van der Waals surface area contributed by atoms with Gasteiger partial charge in [0.25, 0.3) is 0 Å². The summed E-state index contributed by atoms with van der Waals surface area (Å²) in [6.45, 7) is 7.84. The summed E-state index contributed by atoms with van der Waals surface area (Å²) in [6, 6.07) is 5.06. The Morgan fingerprint density at radius 2 is 2.15 bits per heavy atom. The molecule has 0 aliphatic carbocycles. The van der Waals surface area contributed by atoms with E-state index >= 15 is 0 Å². The van der Waals surface area contributed by atoms with Crippen molar-refractivity contribution in [2.24, 2.45) is 0 Å². The highest BCUT2D eigenvalue weighted by atomic mass is 32.1. The second kappa shape index (κ2) is 6.81. The molecule has 0 spiro atoms. The van der Waals surface area contributed by atoms with Crippen molar-refractivity contribution in [3.05, 3.63) is 45.2 Å². The van der Waals surface area contributed by atoms with Gasteiger partial charge in [-0.05, 0) is 38.1 Å². The quantitative estimate of drug-likeness (QED) is 0.884. The number of halogens is 1. The number of nitrogens with zero attached hydrogens (tertiary/aromatic N) is 1. The number of hydrogen-bond donors (Lipinski definition) is 1. The predicted molar refractivity (Wildman–Crippen MR) is 79.7 cm³/mol. The average molecular weight is 294 g/mol. The fourth-order valence-electron chi connectivity index (χ4n) is 1.78. The maximum atomic E-state index is 13.9. The van der Waals surface area contributed by atoms with E-state index in [4.69, 9.17) is 4.74 Å². The van der Waals surface area contributed by atoms with Crippen LogP contribution in [0.4, 0.5) is 4.39 Å². The fourth-order valence-corrected chi connectivity index (χ4v) is 2.63. The molecule has 0 amide bonds. The Morgan fingerprint density at radius 1 is 1.35 bits per heavy atom. The lowest BCUT2D eigenvalue weighted by molar-refractivity contribution is 0.289.